The number of aliphatic hydroxyl groups is 1. The SMILES string of the molecule is Cn1cc(-c2nc(-c3cnc(C(F)(F)F)s3)cc3c(=O)n(CCO)cnc23)cn1. The lowest BCUT2D eigenvalue weighted by molar-refractivity contribution is -0.137. The molecule has 4 rings (SSSR count). The molecule has 4 aromatic rings. The van der Waals surface area contributed by atoms with Crippen LogP contribution in [-0.2, 0) is 19.8 Å². The average Bonchev–Trinajstić information content (AvgIpc) is 3.32. The highest BCUT2D eigenvalue weighted by atomic mass is 32.1. The van der Waals surface area contributed by atoms with Gasteiger partial charge in [0.15, 0.2) is 5.01 Å². The molecule has 29 heavy (non-hydrogen) atoms. The summed E-state index contributed by atoms with van der Waals surface area (Å²) < 4.78 is 41.6. The van der Waals surface area contributed by atoms with Gasteiger partial charge in [-0.15, -0.1) is 11.3 Å². The molecule has 150 valence electrons. The van der Waals surface area contributed by atoms with E-state index < -0.39 is 16.7 Å². The van der Waals surface area contributed by atoms with Crippen molar-refractivity contribution < 1.29 is 18.3 Å². The van der Waals surface area contributed by atoms with E-state index in [0.29, 0.717) is 28.1 Å². The first kappa shape index (κ1) is 19.2. The van der Waals surface area contributed by atoms with E-state index in [-0.39, 0.29) is 29.1 Å². The van der Waals surface area contributed by atoms with Crippen molar-refractivity contribution in [2.24, 2.45) is 7.05 Å². The second kappa shape index (κ2) is 7.04. The molecule has 0 aliphatic carbocycles. The second-order valence-electron chi connectivity index (χ2n) is 6.15. The number of alkyl halides is 3. The van der Waals surface area contributed by atoms with Gasteiger partial charge >= 0.3 is 6.18 Å². The summed E-state index contributed by atoms with van der Waals surface area (Å²) in [6.45, 7) is -0.218. The van der Waals surface area contributed by atoms with E-state index in [0.717, 1.165) is 6.20 Å². The average molecular weight is 422 g/mol. The lowest BCUT2D eigenvalue weighted by atomic mass is 10.1. The van der Waals surface area contributed by atoms with E-state index in [1.54, 1.807) is 13.2 Å². The quantitative estimate of drug-likeness (QED) is 0.542. The van der Waals surface area contributed by atoms with Gasteiger partial charge < -0.3 is 5.11 Å². The summed E-state index contributed by atoms with van der Waals surface area (Å²) in [6.07, 6.45) is 1.01. The number of nitrogens with zero attached hydrogens (tertiary/aromatic N) is 6. The number of pyridine rings is 1. The van der Waals surface area contributed by atoms with Crippen molar-refractivity contribution >= 4 is 22.2 Å². The molecule has 0 aliphatic rings. The van der Waals surface area contributed by atoms with E-state index in [1.165, 1.54) is 27.8 Å². The number of thiazole rings is 1. The van der Waals surface area contributed by atoms with Gasteiger partial charge in [0.25, 0.3) is 5.56 Å². The molecule has 0 aromatic carbocycles. The zero-order valence-electron chi connectivity index (χ0n) is 14.9. The highest BCUT2D eigenvalue weighted by molar-refractivity contribution is 7.15. The van der Waals surface area contributed by atoms with E-state index in [9.17, 15) is 18.0 Å². The van der Waals surface area contributed by atoms with E-state index >= 15 is 0 Å². The van der Waals surface area contributed by atoms with Gasteiger partial charge in [-0.1, -0.05) is 0 Å². The molecule has 0 unspecified atom stereocenters. The van der Waals surface area contributed by atoms with Crippen molar-refractivity contribution in [2.45, 2.75) is 12.7 Å². The third kappa shape index (κ3) is 3.51. The molecule has 0 spiro atoms. The van der Waals surface area contributed by atoms with Gasteiger partial charge in [-0.2, -0.15) is 18.3 Å². The van der Waals surface area contributed by atoms with Crippen LogP contribution >= 0.6 is 11.3 Å². The summed E-state index contributed by atoms with van der Waals surface area (Å²) in [5.41, 5.74) is 0.914. The first-order valence-corrected chi connectivity index (χ1v) is 9.13. The number of aryl methyl sites for hydroxylation is 1. The summed E-state index contributed by atoms with van der Waals surface area (Å²) in [7, 11) is 1.70. The van der Waals surface area contributed by atoms with Crippen LogP contribution in [0.5, 0.6) is 0 Å². The molecule has 4 heterocycles. The molecule has 0 amide bonds. The van der Waals surface area contributed by atoms with E-state index in [2.05, 4.69) is 20.1 Å². The molecule has 0 saturated heterocycles. The third-order valence-electron chi connectivity index (χ3n) is 4.13. The smallest absolute Gasteiger partial charge is 0.395 e. The van der Waals surface area contributed by atoms with Crippen molar-refractivity contribution in [2.75, 3.05) is 6.61 Å². The Morgan fingerprint density at radius 1 is 1.24 bits per heavy atom. The molecule has 0 bridgehead atoms. The lowest BCUT2D eigenvalue weighted by Crippen LogP contribution is -2.22. The van der Waals surface area contributed by atoms with Gasteiger partial charge in [-0.05, 0) is 6.07 Å². The van der Waals surface area contributed by atoms with Crippen LogP contribution in [0.4, 0.5) is 13.2 Å². The van der Waals surface area contributed by atoms with Crippen LogP contribution < -0.4 is 5.56 Å². The molecule has 0 fully saturated rings. The van der Waals surface area contributed by atoms with Crippen molar-refractivity contribution in [1.82, 2.24) is 29.3 Å². The maximum Gasteiger partial charge on any atom is 0.443 e. The maximum absolute atomic E-state index is 12.9. The largest absolute Gasteiger partial charge is 0.443 e. The first-order chi connectivity index (χ1) is 13.8. The van der Waals surface area contributed by atoms with Gasteiger partial charge in [0.1, 0.15) is 11.2 Å². The third-order valence-corrected chi connectivity index (χ3v) is 5.19. The normalized spacial score (nSPS) is 12.0. The summed E-state index contributed by atoms with van der Waals surface area (Å²) in [4.78, 5) is 25.2. The number of fused-ring (bicyclic) bond motifs is 1. The Labute approximate surface area is 164 Å². The van der Waals surface area contributed by atoms with Crippen LogP contribution in [-0.4, -0.2) is 41.0 Å². The van der Waals surface area contributed by atoms with Crippen LogP contribution in [0.2, 0.25) is 0 Å². The van der Waals surface area contributed by atoms with Gasteiger partial charge in [0, 0.05) is 25.0 Å². The van der Waals surface area contributed by atoms with Crippen LogP contribution in [0.3, 0.4) is 0 Å². The summed E-state index contributed by atoms with van der Waals surface area (Å²) in [5.74, 6) is 0. The second-order valence-corrected chi connectivity index (χ2v) is 7.18. The molecule has 0 aliphatic heterocycles. The number of halogens is 3. The van der Waals surface area contributed by atoms with Gasteiger partial charge in [-0.3, -0.25) is 14.0 Å². The fourth-order valence-corrected chi connectivity index (χ4v) is 3.57. The minimum atomic E-state index is -4.57. The van der Waals surface area contributed by atoms with Crippen molar-refractivity contribution in [1.29, 1.82) is 0 Å². The molecule has 12 heteroatoms. The zero-order valence-corrected chi connectivity index (χ0v) is 15.7. The van der Waals surface area contributed by atoms with Crippen LogP contribution in [0.25, 0.3) is 32.7 Å². The molecule has 4 aromatic heterocycles. The Kier molecular flexibility index (Phi) is 4.67. The molecule has 0 saturated carbocycles. The summed E-state index contributed by atoms with van der Waals surface area (Å²) in [5, 5.41) is 12.4. The van der Waals surface area contributed by atoms with Crippen LogP contribution in [0, 0.1) is 0 Å². The zero-order chi connectivity index (χ0) is 20.8. The maximum atomic E-state index is 12.9. The fourth-order valence-electron chi connectivity index (χ4n) is 2.83. The topological polar surface area (TPSA) is 98.7 Å². The van der Waals surface area contributed by atoms with Crippen molar-refractivity contribution in [3.63, 3.8) is 0 Å². The Morgan fingerprint density at radius 2 is 2.03 bits per heavy atom. The highest BCUT2D eigenvalue weighted by Gasteiger charge is 2.35. The van der Waals surface area contributed by atoms with Gasteiger partial charge in [0.2, 0.25) is 0 Å². The predicted octanol–water partition coefficient (Wildman–Crippen LogP) is 2.33. The molecule has 0 atom stereocenters. The van der Waals surface area contributed by atoms with Crippen molar-refractivity contribution in [3.8, 4) is 21.8 Å². The van der Waals surface area contributed by atoms with Gasteiger partial charge in [-0.25, -0.2) is 15.0 Å². The van der Waals surface area contributed by atoms with Crippen LogP contribution in [0.15, 0.2) is 35.8 Å². The molecular formula is C17H13F3N6O2S. The fraction of sp³-hybridized carbons (Fsp3) is 0.235. The van der Waals surface area contributed by atoms with Crippen LogP contribution in [0.1, 0.15) is 5.01 Å². The highest BCUT2D eigenvalue weighted by Crippen LogP contribution is 2.37. The molecular weight excluding hydrogens is 409 g/mol. The standard InChI is InChI=1S/C17H13F3N6O2S/c1-25-7-9(5-23-25)13-14-10(15(28)26(2-3-27)8-22-14)4-11(24-13)12-6-21-16(29-12)17(18,19)20/h4-8,27H,2-3H2,1H3. The predicted molar refractivity (Wildman–Crippen MR) is 99.2 cm³/mol. The Hall–Kier alpha value is -3.12. The number of rotatable bonds is 4. The number of hydrogen-bond donors (Lipinski definition) is 1. The Morgan fingerprint density at radius 3 is 2.66 bits per heavy atom. The van der Waals surface area contributed by atoms with E-state index in [4.69, 9.17) is 5.11 Å². The monoisotopic (exact) mass is 422 g/mol. The number of hydrogen-bond acceptors (Lipinski definition) is 7. The molecule has 8 nitrogen and oxygen atoms in total. The minimum absolute atomic E-state index is 0.0421. The number of aliphatic hydroxyl groups excluding tert-OH is 1. The molecule has 1 N–H and O–H groups in total. The van der Waals surface area contributed by atoms with E-state index in [1.807, 2.05) is 0 Å². The summed E-state index contributed by atoms with van der Waals surface area (Å²) in [6, 6.07) is 1.39. The number of aromatic nitrogens is 6. The first-order valence-electron chi connectivity index (χ1n) is 8.31. The minimum Gasteiger partial charge on any atom is -0.395 e. The molecule has 0 radical (unpaired) electrons. The Balaban J connectivity index is 1.99. The Bertz CT molecular complexity index is 1260. The van der Waals surface area contributed by atoms with Crippen molar-refractivity contribution in [3.05, 3.63) is 46.3 Å². The summed E-state index contributed by atoms with van der Waals surface area (Å²) >= 11 is 0.442. The van der Waals surface area contributed by atoms with Gasteiger partial charge in [0.05, 0.1) is 41.6 Å². The lowest BCUT2D eigenvalue weighted by Gasteiger charge is -2.09.